The number of hydrazine groups is 1. The summed E-state index contributed by atoms with van der Waals surface area (Å²) < 4.78 is 8.27. The average molecular weight is 248 g/mol. The van der Waals surface area contributed by atoms with E-state index in [1.807, 2.05) is 0 Å². The van der Waals surface area contributed by atoms with Crippen LogP contribution >= 0.6 is 11.7 Å². The molecule has 0 spiro atoms. The average Bonchev–Trinajstić information content (AvgIpc) is 2.80. The Kier molecular flexibility index (Phi) is 3.51. The number of hydrogen-bond acceptors (Lipinski definition) is 5. The molecule has 3 N–H and O–H groups in total. The summed E-state index contributed by atoms with van der Waals surface area (Å²) in [5.41, 5.74) is 8.59. The Morgan fingerprint density at radius 2 is 1.88 bits per heavy atom. The van der Waals surface area contributed by atoms with E-state index in [2.05, 4.69) is 47.1 Å². The van der Waals surface area contributed by atoms with Gasteiger partial charge in [-0.15, -0.1) is 0 Å². The molecule has 0 fully saturated rings. The fourth-order valence-corrected chi connectivity index (χ4v) is 2.38. The van der Waals surface area contributed by atoms with Crippen LogP contribution in [0.25, 0.3) is 0 Å². The van der Waals surface area contributed by atoms with E-state index in [-0.39, 0.29) is 6.04 Å². The number of nitrogens with two attached hydrogens (primary N) is 1. The molecule has 0 bridgehead atoms. The number of aromatic nitrogens is 2. The largest absolute Gasteiger partial charge is 0.271 e. The Morgan fingerprint density at radius 3 is 2.47 bits per heavy atom. The summed E-state index contributed by atoms with van der Waals surface area (Å²) in [4.78, 5) is 0. The molecule has 1 unspecified atom stereocenters. The van der Waals surface area contributed by atoms with Gasteiger partial charge in [-0.1, -0.05) is 12.1 Å². The highest BCUT2D eigenvalue weighted by molar-refractivity contribution is 6.99. The van der Waals surface area contributed by atoms with E-state index in [1.54, 1.807) is 6.20 Å². The van der Waals surface area contributed by atoms with Gasteiger partial charge in [0.1, 0.15) is 0 Å². The van der Waals surface area contributed by atoms with E-state index in [0.717, 1.165) is 11.3 Å². The van der Waals surface area contributed by atoms with Crippen molar-refractivity contribution in [1.82, 2.24) is 14.2 Å². The monoisotopic (exact) mass is 248 g/mol. The second kappa shape index (κ2) is 4.91. The van der Waals surface area contributed by atoms with Gasteiger partial charge in [0.05, 0.1) is 29.7 Å². The van der Waals surface area contributed by atoms with Crippen LogP contribution in [0.1, 0.15) is 34.0 Å². The van der Waals surface area contributed by atoms with Gasteiger partial charge in [0.15, 0.2) is 0 Å². The number of nitrogens with one attached hydrogen (secondary N) is 1. The third-order valence-electron chi connectivity index (χ3n) is 3.03. The van der Waals surface area contributed by atoms with Crippen molar-refractivity contribution in [3.05, 3.63) is 46.3 Å². The second-order valence-electron chi connectivity index (χ2n) is 4.23. The van der Waals surface area contributed by atoms with Gasteiger partial charge in [0.25, 0.3) is 0 Å². The quantitative estimate of drug-likeness (QED) is 0.644. The zero-order chi connectivity index (χ0) is 12.4. The maximum Gasteiger partial charge on any atom is 0.0970 e. The summed E-state index contributed by atoms with van der Waals surface area (Å²) in [7, 11) is 0. The first-order valence-electron chi connectivity index (χ1n) is 5.45. The predicted octanol–water partition coefficient (Wildman–Crippen LogP) is 2.02. The second-order valence-corrected chi connectivity index (χ2v) is 4.78. The molecule has 0 saturated heterocycles. The number of rotatable bonds is 3. The van der Waals surface area contributed by atoms with Crippen molar-refractivity contribution >= 4 is 11.7 Å². The van der Waals surface area contributed by atoms with E-state index in [4.69, 9.17) is 5.84 Å². The lowest BCUT2D eigenvalue weighted by Crippen LogP contribution is -2.29. The predicted molar refractivity (Wildman–Crippen MR) is 69.7 cm³/mol. The van der Waals surface area contributed by atoms with Crippen LogP contribution in [0.3, 0.4) is 0 Å². The number of hydrogen-bond donors (Lipinski definition) is 2. The molecule has 1 heterocycles. The molecule has 4 nitrogen and oxygen atoms in total. The normalized spacial score (nSPS) is 12.7. The minimum absolute atomic E-state index is 0.0898. The van der Waals surface area contributed by atoms with Crippen molar-refractivity contribution in [2.75, 3.05) is 0 Å². The van der Waals surface area contributed by atoms with Gasteiger partial charge >= 0.3 is 0 Å². The third-order valence-corrected chi connectivity index (χ3v) is 3.53. The molecule has 0 amide bonds. The van der Waals surface area contributed by atoms with Crippen LogP contribution in [0, 0.1) is 20.8 Å². The number of aryl methyl sites for hydroxylation is 3. The molecule has 5 heteroatoms. The molecular weight excluding hydrogens is 232 g/mol. The molecule has 17 heavy (non-hydrogen) atoms. The van der Waals surface area contributed by atoms with E-state index in [0.29, 0.717) is 0 Å². The lowest BCUT2D eigenvalue weighted by molar-refractivity contribution is 0.622. The first-order valence-corrected chi connectivity index (χ1v) is 6.18. The highest BCUT2D eigenvalue weighted by atomic mass is 32.1. The molecule has 0 radical (unpaired) electrons. The van der Waals surface area contributed by atoms with Crippen LogP contribution in [-0.4, -0.2) is 8.75 Å². The molecule has 2 rings (SSSR count). The van der Waals surface area contributed by atoms with E-state index in [1.165, 1.54) is 28.4 Å². The Labute approximate surface area is 105 Å². The van der Waals surface area contributed by atoms with Crippen LogP contribution in [0.2, 0.25) is 0 Å². The highest BCUT2D eigenvalue weighted by Gasteiger charge is 2.17. The van der Waals surface area contributed by atoms with Crippen molar-refractivity contribution in [2.45, 2.75) is 26.8 Å². The van der Waals surface area contributed by atoms with Gasteiger partial charge in [-0.05, 0) is 43.0 Å². The zero-order valence-electron chi connectivity index (χ0n) is 10.2. The van der Waals surface area contributed by atoms with Crippen LogP contribution in [0.5, 0.6) is 0 Å². The van der Waals surface area contributed by atoms with Gasteiger partial charge in [-0.25, -0.2) is 5.43 Å². The molecular formula is C12H16N4S. The SMILES string of the molecule is Cc1cc(C)c(C(NN)c2cnsn2)cc1C. The summed E-state index contributed by atoms with van der Waals surface area (Å²) in [6, 6.07) is 4.25. The smallest absolute Gasteiger partial charge is 0.0970 e. The van der Waals surface area contributed by atoms with Crippen LogP contribution in [0.15, 0.2) is 18.3 Å². The Bertz CT molecular complexity index is 507. The van der Waals surface area contributed by atoms with Gasteiger partial charge in [0.2, 0.25) is 0 Å². The Morgan fingerprint density at radius 1 is 1.18 bits per heavy atom. The zero-order valence-corrected chi connectivity index (χ0v) is 11.0. The summed E-state index contributed by atoms with van der Waals surface area (Å²) >= 11 is 1.20. The molecule has 0 aliphatic carbocycles. The minimum atomic E-state index is -0.0898. The summed E-state index contributed by atoms with van der Waals surface area (Å²) in [5.74, 6) is 5.64. The van der Waals surface area contributed by atoms with Crippen LogP contribution < -0.4 is 11.3 Å². The molecule has 1 aromatic heterocycles. The maximum atomic E-state index is 5.64. The van der Waals surface area contributed by atoms with Gasteiger partial charge in [0, 0.05) is 0 Å². The van der Waals surface area contributed by atoms with Crippen LogP contribution in [-0.2, 0) is 0 Å². The van der Waals surface area contributed by atoms with E-state index in [9.17, 15) is 0 Å². The fraction of sp³-hybridized carbons (Fsp3) is 0.333. The Balaban J connectivity index is 2.48. The van der Waals surface area contributed by atoms with Gasteiger partial charge in [-0.3, -0.25) is 5.84 Å². The molecule has 0 aliphatic heterocycles. The van der Waals surface area contributed by atoms with E-state index >= 15 is 0 Å². The van der Waals surface area contributed by atoms with Gasteiger partial charge < -0.3 is 0 Å². The molecule has 2 aromatic rings. The summed E-state index contributed by atoms with van der Waals surface area (Å²) in [6.07, 6.45) is 1.75. The third kappa shape index (κ3) is 2.36. The van der Waals surface area contributed by atoms with Crippen molar-refractivity contribution < 1.29 is 0 Å². The number of nitrogens with zero attached hydrogens (tertiary/aromatic N) is 2. The summed E-state index contributed by atoms with van der Waals surface area (Å²) in [6.45, 7) is 6.30. The van der Waals surface area contributed by atoms with Crippen molar-refractivity contribution in [3.63, 3.8) is 0 Å². The summed E-state index contributed by atoms with van der Waals surface area (Å²) in [5, 5.41) is 0. The van der Waals surface area contributed by atoms with Gasteiger partial charge in [-0.2, -0.15) is 8.75 Å². The fourth-order valence-electron chi connectivity index (χ4n) is 1.93. The standard InChI is InChI=1S/C12H16N4S/c1-7-4-9(3)10(5-8(7)2)12(15-13)11-6-14-17-16-11/h4-6,12,15H,13H2,1-3H3. The highest BCUT2D eigenvalue weighted by Crippen LogP contribution is 2.25. The minimum Gasteiger partial charge on any atom is -0.271 e. The van der Waals surface area contributed by atoms with E-state index < -0.39 is 0 Å². The molecule has 1 aromatic carbocycles. The van der Waals surface area contributed by atoms with Crippen molar-refractivity contribution in [3.8, 4) is 0 Å². The number of benzene rings is 1. The molecule has 1 atom stereocenters. The van der Waals surface area contributed by atoms with Crippen molar-refractivity contribution in [1.29, 1.82) is 0 Å². The lowest BCUT2D eigenvalue weighted by atomic mass is 9.95. The first kappa shape index (κ1) is 12.2. The molecule has 90 valence electrons. The maximum absolute atomic E-state index is 5.64. The molecule has 0 saturated carbocycles. The van der Waals surface area contributed by atoms with Crippen LogP contribution in [0.4, 0.5) is 0 Å². The first-order chi connectivity index (χ1) is 8.13. The Hall–Kier alpha value is -1.30. The van der Waals surface area contributed by atoms with Crippen molar-refractivity contribution in [2.24, 2.45) is 5.84 Å². The lowest BCUT2D eigenvalue weighted by Gasteiger charge is -2.18. The molecule has 0 aliphatic rings. The topological polar surface area (TPSA) is 63.8 Å².